The van der Waals surface area contributed by atoms with Crippen LogP contribution >= 0.6 is 0 Å². The number of benzene rings is 2. The Labute approximate surface area is 138 Å². The average Bonchev–Trinajstić information content (AvgIpc) is 3.04. The fraction of sp³-hybridized carbons (Fsp3) is 0.350. The smallest absolute Gasteiger partial charge is 0.0664 e. The second-order valence-corrected chi connectivity index (χ2v) is 6.40. The summed E-state index contributed by atoms with van der Waals surface area (Å²) in [4.78, 5) is 9.84. The minimum atomic E-state index is 1.04. The number of hydrogen-bond donors (Lipinski definition) is 0. The first kappa shape index (κ1) is 14.5. The molecule has 3 nitrogen and oxygen atoms in total. The zero-order valence-electron chi connectivity index (χ0n) is 13.5. The molecular weight excluding hydrogens is 282 g/mol. The van der Waals surface area contributed by atoms with Gasteiger partial charge in [-0.1, -0.05) is 36.4 Å². The Morgan fingerprint density at radius 1 is 0.826 bits per heavy atom. The monoisotopic (exact) mass is 305 g/mol. The molecule has 0 unspecified atom stereocenters. The van der Waals surface area contributed by atoms with Crippen LogP contribution in [-0.2, 0) is 6.42 Å². The van der Waals surface area contributed by atoms with E-state index in [2.05, 4.69) is 64.4 Å². The van der Waals surface area contributed by atoms with E-state index in [4.69, 9.17) is 4.99 Å². The van der Waals surface area contributed by atoms with Gasteiger partial charge in [-0.3, -0.25) is 9.89 Å². The van der Waals surface area contributed by atoms with Crippen LogP contribution in [0.5, 0.6) is 0 Å². The van der Waals surface area contributed by atoms with Gasteiger partial charge in [0.15, 0.2) is 0 Å². The topological polar surface area (TPSA) is 18.8 Å². The Morgan fingerprint density at radius 3 is 2.35 bits per heavy atom. The minimum absolute atomic E-state index is 1.04. The molecule has 0 N–H and O–H groups in total. The number of rotatable bonds is 4. The lowest BCUT2D eigenvalue weighted by Crippen LogP contribution is -2.46. The molecule has 1 saturated heterocycles. The fourth-order valence-corrected chi connectivity index (χ4v) is 3.50. The lowest BCUT2D eigenvalue weighted by Gasteiger charge is -2.36. The van der Waals surface area contributed by atoms with Gasteiger partial charge in [0.1, 0.15) is 0 Å². The highest BCUT2D eigenvalue weighted by Gasteiger charge is 2.19. The first-order valence-corrected chi connectivity index (χ1v) is 8.55. The summed E-state index contributed by atoms with van der Waals surface area (Å²) in [6.07, 6.45) is 2.14. The molecule has 0 saturated carbocycles. The van der Waals surface area contributed by atoms with Crippen LogP contribution in [-0.4, -0.2) is 43.3 Å². The van der Waals surface area contributed by atoms with Gasteiger partial charge in [0.2, 0.25) is 0 Å². The predicted molar refractivity (Wildman–Crippen MR) is 97.0 cm³/mol. The van der Waals surface area contributed by atoms with E-state index in [1.165, 1.54) is 22.6 Å². The summed E-state index contributed by atoms with van der Waals surface area (Å²) in [7, 11) is 0. The maximum Gasteiger partial charge on any atom is 0.0664 e. The SMILES string of the molecule is c1ccc(N2CCN(CCC3=Nc4ccccc4C3)CC2)cc1. The lowest BCUT2D eigenvalue weighted by atomic mass is 10.1. The van der Waals surface area contributed by atoms with Crippen LogP contribution in [0.15, 0.2) is 59.6 Å². The summed E-state index contributed by atoms with van der Waals surface area (Å²) in [5.41, 5.74) is 5.26. The van der Waals surface area contributed by atoms with Crippen molar-refractivity contribution in [2.24, 2.45) is 4.99 Å². The molecule has 2 aromatic carbocycles. The minimum Gasteiger partial charge on any atom is -0.369 e. The van der Waals surface area contributed by atoms with Gasteiger partial charge in [-0.05, 0) is 30.2 Å². The molecule has 118 valence electrons. The molecule has 0 radical (unpaired) electrons. The van der Waals surface area contributed by atoms with E-state index >= 15 is 0 Å². The maximum atomic E-state index is 4.78. The van der Waals surface area contributed by atoms with Crippen LogP contribution in [0, 0.1) is 0 Å². The molecule has 0 aliphatic carbocycles. The second kappa shape index (κ2) is 6.55. The predicted octanol–water partition coefficient (Wildman–Crippen LogP) is 3.53. The number of hydrogen-bond acceptors (Lipinski definition) is 3. The van der Waals surface area contributed by atoms with E-state index in [1.54, 1.807) is 0 Å². The van der Waals surface area contributed by atoms with Crippen LogP contribution in [0.3, 0.4) is 0 Å². The van der Waals surface area contributed by atoms with Crippen molar-refractivity contribution in [1.29, 1.82) is 0 Å². The molecule has 0 amide bonds. The summed E-state index contributed by atoms with van der Waals surface area (Å²) in [5.74, 6) is 0. The number of piperazine rings is 1. The third-order valence-electron chi connectivity index (χ3n) is 4.87. The van der Waals surface area contributed by atoms with Gasteiger partial charge >= 0.3 is 0 Å². The van der Waals surface area contributed by atoms with Gasteiger partial charge in [-0.2, -0.15) is 0 Å². The van der Waals surface area contributed by atoms with E-state index in [9.17, 15) is 0 Å². The molecule has 0 atom stereocenters. The Hall–Kier alpha value is -2.13. The first-order valence-electron chi connectivity index (χ1n) is 8.55. The molecule has 2 heterocycles. The highest BCUT2D eigenvalue weighted by atomic mass is 15.3. The number of fused-ring (bicyclic) bond motifs is 1. The van der Waals surface area contributed by atoms with Crippen molar-refractivity contribution in [1.82, 2.24) is 4.90 Å². The molecule has 0 aromatic heterocycles. The normalized spacial score (nSPS) is 17.9. The summed E-state index contributed by atoms with van der Waals surface area (Å²) < 4.78 is 0. The van der Waals surface area contributed by atoms with E-state index < -0.39 is 0 Å². The van der Waals surface area contributed by atoms with Crippen molar-refractivity contribution < 1.29 is 0 Å². The largest absolute Gasteiger partial charge is 0.369 e. The number of aliphatic imine (C=N–C) groups is 1. The van der Waals surface area contributed by atoms with Crippen molar-refractivity contribution >= 4 is 17.1 Å². The molecule has 3 heteroatoms. The van der Waals surface area contributed by atoms with E-state index in [0.29, 0.717) is 0 Å². The zero-order valence-corrected chi connectivity index (χ0v) is 13.5. The van der Waals surface area contributed by atoms with Crippen LogP contribution in [0.1, 0.15) is 12.0 Å². The molecular formula is C20H23N3. The Balaban J connectivity index is 1.26. The number of nitrogens with zero attached hydrogens (tertiary/aromatic N) is 3. The maximum absolute atomic E-state index is 4.78. The van der Waals surface area contributed by atoms with Crippen molar-refractivity contribution in [3.8, 4) is 0 Å². The Kier molecular flexibility index (Phi) is 4.12. The standard InChI is InChI=1S/C20H23N3/c1-2-7-19(8-3-1)23-14-12-22(13-15-23)11-10-18-16-17-6-4-5-9-20(17)21-18/h1-9H,10-16H2. The molecule has 0 bridgehead atoms. The third-order valence-corrected chi connectivity index (χ3v) is 4.87. The van der Waals surface area contributed by atoms with E-state index in [0.717, 1.165) is 45.6 Å². The second-order valence-electron chi connectivity index (χ2n) is 6.40. The highest BCUT2D eigenvalue weighted by molar-refractivity contribution is 5.94. The molecule has 2 aliphatic rings. The molecule has 4 rings (SSSR count). The van der Waals surface area contributed by atoms with E-state index in [-0.39, 0.29) is 0 Å². The average molecular weight is 305 g/mol. The van der Waals surface area contributed by atoms with Crippen molar-refractivity contribution in [3.05, 3.63) is 60.2 Å². The first-order chi connectivity index (χ1) is 11.4. The van der Waals surface area contributed by atoms with Crippen LogP contribution in [0.4, 0.5) is 11.4 Å². The summed E-state index contributed by atoms with van der Waals surface area (Å²) in [6, 6.07) is 19.3. The molecule has 1 fully saturated rings. The quantitative estimate of drug-likeness (QED) is 0.860. The molecule has 2 aromatic rings. The lowest BCUT2D eigenvalue weighted by molar-refractivity contribution is 0.265. The van der Waals surface area contributed by atoms with Gasteiger partial charge in [-0.15, -0.1) is 0 Å². The van der Waals surface area contributed by atoms with Crippen LogP contribution in [0.2, 0.25) is 0 Å². The summed E-state index contributed by atoms with van der Waals surface area (Å²) in [6.45, 7) is 5.67. The number of para-hydroxylation sites is 2. The van der Waals surface area contributed by atoms with Crippen molar-refractivity contribution in [3.63, 3.8) is 0 Å². The molecule has 23 heavy (non-hydrogen) atoms. The van der Waals surface area contributed by atoms with Gasteiger partial charge in [0, 0.05) is 50.5 Å². The highest BCUT2D eigenvalue weighted by Crippen LogP contribution is 2.27. The van der Waals surface area contributed by atoms with Crippen LogP contribution < -0.4 is 4.90 Å². The van der Waals surface area contributed by atoms with Gasteiger partial charge in [0.05, 0.1) is 5.69 Å². The van der Waals surface area contributed by atoms with Crippen LogP contribution in [0.25, 0.3) is 0 Å². The third kappa shape index (κ3) is 3.30. The number of anilines is 1. The summed E-state index contributed by atoms with van der Waals surface area (Å²) in [5, 5.41) is 0. The van der Waals surface area contributed by atoms with E-state index in [1.807, 2.05) is 0 Å². The van der Waals surface area contributed by atoms with Crippen molar-refractivity contribution in [2.75, 3.05) is 37.6 Å². The Morgan fingerprint density at radius 2 is 1.57 bits per heavy atom. The molecule has 0 spiro atoms. The van der Waals surface area contributed by atoms with Gasteiger partial charge in [0.25, 0.3) is 0 Å². The molecule has 2 aliphatic heterocycles. The fourth-order valence-electron chi connectivity index (χ4n) is 3.50. The van der Waals surface area contributed by atoms with Gasteiger partial charge in [-0.25, -0.2) is 0 Å². The zero-order chi connectivity index (χ0) is 15.5. The Bertz CT molecular complexity index is 685. The van der Waals surface area contributed by atoms with Crippen molar-refractivity contribution in [2.45, 2.75) is 12.8 Å². The van der Waals surface area contributed by atoms with Gasteiger partial charge < -0.3 is 4.90 Å². The summed E-state index contributed by atoms with van der Waals surface area (Å²) >= 11 is 0.